The van der Waals surface area contributed by atoms with Gasteiger partial charge in [-0.05, 0) is 5.56 Å². The van der Waals surface area contributed by atoms with Gasteiger partial charge in [0.25, 0.3) is 0 Å². The molecule has 0 saturated carbocycles. The van der Waals surface area contributed by atoms with E-state index in [2.05, 4.69) is 24.1 Å². The molecule has 0 radical (unpaired) electrons. The Labute approximate surface area is 128 Å². The van der Waals surface area contributed by atoms with Crippen molar-refractivity contribution < 1.29 is 9.90 Å². The number of hydrogen-bond donors (Lipinski definition) is 2. The van der Waals surface area contributed by atoms with Gasteiger partial charge in [-0.25, -0.2) is 4.98 Å². The largest absolute Gasteiger partial charge is 0.394 e. The number of rotatable bonds is 6. The molecule has 1 unspecified atom stereocenters. The number of aromatic nitrogens is 1. The predicted molar refractivity (Wildman–Crippen MR) is 84.3 cm³/mol. The second kappa shape index (κ2) is 7.33. The fraction of sp³-hybridized carbons (Fsp3) is 0.375. The van der Waals surface area contributed by atoms with Crippen LogP contribution in [-0.4, -0.2) is 22.6 Å². The number of carbonyl (C=O) groups is 1. The first kappa shape index (κ1) is 15.7. The van der Waals surface area contributed by atoms with Gasteiger partial charge in [-0.1, -0.05) is 44.2 Å². The molecular weight excluding hydrogens is 284 g/mol. The summed E-state index contributed by atoms with van der Waals surface area (Å²) in [7, 11) is 0. The van der Waals surface area contributed by atoms with Crippen LogP contribution in [0.3, 0.4) is 0 Å². The molecular formula is C16H20N2O2S. The highest BCUT2D eigenvalue weighted by atomic mass is 32.1. The third-order valence-corrected chi connectivity index (χ3v) is 4.32. The van der Waals surface area contributed by atoms with E-state index < -0.39 is 0 Å². The average Bonchev–Trinajstić information content (AvgIpc) is 2.94. The lowest BCUT2D eigenvalue weighted by Crippen LogP contribution is -2.32. The molecule has 21 heavy (non-hydrogen) atoms. The van der Waals surface area contributed by atoms with E-state index in [-0.39, 0.29) is 25.0 Å². The van der Waals surface area contributed by atoms with Crippen LogP contribution in [-0.2, 0) is 11.2 Å². The number of aliphatic hydroxyl groups excluding tert-OH is 1. The van der Waals surface area contributed by atoms with E-state index in [1.165, 1.54) is 0 Å². The van der Waals surface area contributed by atoms with E-state index in [1.807, 2.05) is 35.7 Å². The van der Waals surface area contributed by atoms with Gasteiger partial charge in [0.1, 0.15) is 0 Å². The molecule has 2 N–H and O–H groups in total. The zero-order valence-electron chi connectivity index (χ0n) is 12.2. The predicted octanol–water partition coefficient (Wildman–Crippen LogP) is 2.66. The Morgan fingerprint density at radius 1 is 1.33 bits per heavy atom. The lowest BCUT2D eigenvalue weighted by atomic mass is 10.1. The second-order valence-corrected chi connectivity index (χ2v) is 6.11. The highest BCUT2D eigenvalue weighted by molar-refractivity contribution is 7.09. The SMILES string of the molecule is CC(C)c1nc(CC(=O)NC(CO)c2ccccc2)cs1. The fourth-order valence-electron chi connectivity index (χ4n) is 2.00. The van der Waals surface area contributed by atoms with Crippen LogP contribution in [0.1, 0.15) is 42.1 Å². The molecule has 1 atom stereocenters. The van der Waals surface area contributed by atoms with E-state index in [4.69, 9.17) is 0 Å². The molecule has 2 rings (SSSR count). The van der Waals surface area contributed by atoms with Crippen molar-refractivity contribution in [3.05, 3.63) is 52.0 Å². The number of hydrogen-bond acceptors (Lipinski definition) is 4. The maximum absolute atomic E-state index is 12.1. The minimum absolute atomic E-state index is 0.121. The Morgan fingerprint density at radius 3 is 2.62 bits per heavy atom. The van der Waals surface area contributed by atoms with Crippen molar-refractivity contribution in [1.29, 1.82) is 0 Å². The van der Waals surface area contributed by atoms with Crippen molar-refractivity contribution in [2.24, 2.45) is 0 Å². The molecule has 112 valence electrons. The molecule has 5 heteroatoms. The van der Waals surface area contributed by atoms with Gasteiger partial charge in [0, 0.05) is 11.3 Å². The molecule has 1 aromatic carbocycles. The van der Waals surface area contributed by atoms with Crippen LogP contribution in [0.15, 0.2) is 35.7 Å². The molecule has 0 bridgehead atoms. The van der Waals surface area contributed by atoms with Gasteiger partial charge in [0.2, 0.25) is 5.91 Å². The molecule has 0 saturated heterocycles. The minimum Gasteiger partial charge on any atom is -0.394 e. The first-order chi connectivity index (χ1) is 10.1. The van der Waals surface area contributed by atoms with E-state index in [9.17, 15) is 9.90 Å². The second-order valence-electron chi connectivity index (χ2n) is 5.22. The Balaban J connectivity index is 1.96. The molecule has 1 amide bonds. The van der Waals surface area contributed by atoms with Crippen molar-refractivity contribution in [2.45, 2.75) is 32.2 Å². The summed E-state index contributed by atoms with van der Waals surface area (Å²) in [5.74, 6) is 0.250. The van der Waals surface area contributed by atoms with Gasteiger partial charge >= 0.3 is 0 Å². The molecule has 1 heterocycles. The highest BCUT2D eigenvalue weighted by Crippen LogP contribution is 2.19. The highest BCUT2D eigenvalue weighted by Gasteiger charge is 2.15. The maximum atomic E-state index is 12.1. The summed E-state index contributed by atoms with van der Waals surface area (Å²) in [5.41, 5.74) is 1.68. The van der Waals surface area contributed by atoms with Gasteiger partial charge in [-0.2, -0.15) is 0 Å². The fourth-order valence-corrected chi connectivity index (χ4v) is 2.83. The summed E-state index contributed by atoms with van der Waals surface area (Å²) < 4.78 is 0. The van der Waals surface area contributed by atoms with Crippen LogP contribution in [0.25, 0.3) is 0 Å². The van der Waals surface area contributed by atoms with E-state index in [1.54, 1.807) is 11.3 Å². The molecule has 4 nitrogen and oxygen atoms in total. The summed E-state index contributed by atoms with van der Waals surface area (Å²) in [6.07, 6.45) is 0.243. The van der Waals surface area contributed by atoms with Crippen LogP contribution in [0.5, 0.6) is 0 Å². The number of thiazole rings is 1. The number of nitrogens with zero attached hydrogens (tertiary/aromatic N) is 1. The van der Waals surface area contributed by atoms with Crippen LogP contribution >= 0.6 is 11.3 Å². The van der Waals surface area contributed by atoms with Crippen LogP contribution in [0.4, 0.5) is 0 Å². The number of benzene rings is 1. The molecule has 0 aliphatic rings. The summed E-state index contributed by atoms with van der Waals surface area (Å²) in [5, 5.41) is 15.3. The van der Waals surface area contributed by atoms with Crippen molar-refractivity contribution in [3.63, 3.8) is 0 Å². The van der Waals surface area contributed by atoms with Gasteiger partial charge < -0.3 is 10.4 Å². The molecule has 0 aliphatic carbocycles. The van der Waals surface area contributed by atoms with Crippen LogP contribution in [0, 0.1) is 0 Å². The molecule has 0 fully saturated rings. The third-order valence-electron chi connectivity index (χ3n) is 3.12. The van der Waals surface area contributed by atoms with Gasteiger partial charge in [-0.3, -0.25) is 4.79 Å². The molecule has 0 spiro atoms. The Morgan fingerprint density at radius 2 is 2.05 bits per heavy atom. The summed E-state index contributed by atoms with van der Waals surface area (Å²) in [4.78, 5) is 16.5. The molecule has 2 aromatic rings. The van der Waals surface area contributed by atoms with Gasteiger partial charge in [-0.15, -0.1) is 11.3 Å². The molecule has 1 aromatic heterocycles. The maximum Gasteiger partial charge on any atom is 0.226 e. The van der Waals surface area contributed by atoms with E-state index in [0.29, 0.717) is 5.92 Å². The van der Waals surface area contributed by atoms with E-state index in [0.717, 1.165) is 16.3 Å². The lowest BCUT2D eigenvalue weighted by molar-refractivity contribution is -0.121. The minimum atomic E-state index is -0.373. The van der Waals surface area contributed by atoms with Crippen molar-refractivity contribution in [2.75, 3.05) is 6.61 Å². The van der Waals surface area contributed by atoms with Gasteiger partial charge in [0.15, 0.2) is 0 Å². The third kappa shape index (κ3) is 4.37. The van der Waals surface area contributed by atoms with E-state index >= 15 is 0 Å². The number of carbonyl (C=O) groups excluding carboxylic acids is 1. The Kier molecular flexibility index (Phi) is 5.47. The number of nitrogens with one attached hydrogen (secondary N) is 1. The Bertz CT molecular complexity index is 581. The first-order valence-electron chi connectivity index (χ1n) is 6.99. The monoisotopic (exact) mass is 304 g/mol. The lowest BCUT2D eigenvalue weighted by Gasteiger charge is -2.16. The molecule has 0 aliphatic heterocycles. The standard InChI is InChI=1S/C16H20N2O2S/c1-11(2)16-17-13(10-21-16)8-15(20)18-14(9-19)12-6-4-3-5-7-12/h3-7,10-11,14,19H,8-9H2,1-2H3,(H,18,20). The van der Waals surface area contributed by atoms with Crippen molar-refractivity contribution in [1.82, 2.24) is 10.3 Å². The average molecular weight is 304 g/mol. The van der Waals surface area contributed by atoms with Crippen LogP contribution < -0.4 is 5.32 Å². The van der Waals surface area contributed by atoms with Crippen molar-refractivity contribution >= 4 is 17.2 Å². The van der Waals surface area contributed by atoms with Crippen LogP contribution in [0.2, 0.25) is 0 Å². The number of aliphatic hydroxyl groups is 1. The smallest absolute Gasteiger partial charge is 0.226 e. The zero-order valence-corrected chi connectivity index (χ0v) is 13.1. The quantitative estimate of drug-likeness (QED) is 0.862. The summed E-state index contributed by atoms with van der Waals surface area (Å²) >= 11 is 1.58. The number of amides is 1. The summed E-state index contributed by atoms with van der Waals surface area (Å²) in [6.45, 7) is 4.05. The Hall–Kier alpha value is -1.72. The normalized spacial score (nSPS) is 12.4. The zero-order chi connectivity index (χ0) is 15.2. The first-order valence-corrected chi connectivity index (χ1v) is 7.87. The topological polar surface area (TPSA) is 62.2 Å². The van der Waals surface area contributed by atoms with Gasteiger partial charge in [0.05, 0.1) is 29.8 Å². The summed E-state index contributed by atoms with van der Waals surface area (Å²) in [6, 6.07) is 9.09. The van der Waals surface area contributed by atoms with Crippen molar-refractivity contribution in [3.8, 4) is 0 Å².